The van der Waals surface area contributed by atoms with Crippen molar-refractivity contribution in [1.82, 2.24) is 4.72 Å². The minimum atomic E-state index is -3.46. The molecular formula is C13H22N2O4S. The summed E-state index contributed by atoms with van der Waals surface area (Å²) in [7, 11) is -1.94. The van der Waals surface area contributed by atoms with E-state index in [0.29, 0.717) is 6.54 Å². The summed E-state index contributed by atoms with van der Waals surface area (Å²) in [4.78, 5) is 0.217. The van der Waals surface area contributed by atoms with Gasteiger partial charge in [0.25, 0.3) is 0 Å². The molecule has 0 bridgehead atoms. The van der Waals surface area contributed by atoms with Crippen LogP contribution >= 0.6 is 0 Å². The molecule has 7 heteroatoms. The molecule has 20 heavy (non-hydrogen) atoms. The average molecular weight is 302 g/mol. The van der Waals surface area contributed by atoms with Crippen LogP contribution in [0.15, 0.2) is 29.2 Å². The van der Waals surface area contributed by atoms with Gasteiger partial charge in [-0.15, -0.1) is 0 Å². The molecule has 114 valence electrons. The molecule has 0 radical (unpaired) electrons. The van der Waals surface area contributed by atoms with Crippen molar-refractivity contribution in [3.63, 3.8) is 0 Å². The molecular weight excluding hydrogens is 280 g/mol. The van der Waals surface area contributed by atoms with E-state index in [2.05, 4.69) is 10.0 Å². The molecule has 0 spiro atoms. The molecule has 3 N–H and O–H groups in total. The summed E-state index contributed by atoms with van der Waals surface area (Å²) in [5.41, 5.74) is 0.739. The maximum atomic E-state index is 11.9. The van der Waals surface area contributed by atoms with E-state index in [4.69, 9.17) is 4.74 Å². The highest BCUT2D eigenvalue weighted by Gasteiger charge is 2.14. The van der Waals surface area contributed by atoms with Gasteiger partial charge in [0.15, 0.2) is 0 Å². The molecule has 0 saturated heterocycles. The van der Waals surface area contributed by atoms with Crippen LogP contribution in [0, 0.1) is 0 Å². The summed E-state index contributed by atoms with van der Waals surface area (Å²) in [5.74, 6) is 0. The Kier molecular flexibility index (Phi) is 6.41. The van der Waals surface area contributed by atoms with E-state index in [-0.39, 0.29) is 17.5 Å². The molecule has 0 fully saturated rings. The first kappa shape index (κ1) is 16.9. The molecule has 1 aromatic carbocycles. The summed E-state index contributed by atoms with van der Waals surface area (Å²) >= 11 is 0. The van der Waals surface area contributed by atoms with E-state index in [1.807, 2.05) is 0 Å². The predicted octanol–water partition coefficient (Wildman–Crippen LogP) is 0.792. The Balaban J connectivity index is 2.65. The van der Waals surface area contributed by atoms with Crippen LogP contribution in [0.2, 0.25) is 0 Å². The minimum Gasteiger partial charge on any atom is -0.389 e. The molecule has 0 heterocycles. The van der Waals surface area contributed by atoms with Crippen molar-refractivity contribution < 1.29 is 18.3 Å². The standard InChI is InChI=1S/C13H22N2O4S/c1-10(2)15-20(17,18)13-6-4-11(5-7-13)14-8-12(16)9-19-3/h4-7,10,12,14-16H,8-9H2,1-3H3. The third kappa shape index (κ3) is 5.46. The zero-order valence-corrected chi connectivity index (χ0v) is 12.8. The fraction of sp³-hybridized carbons (Fsp3) is 0.538. The molecule has 0 aliphatic heterocycles. The van der Waals surface area contributed by atoms with Crippen LogP contribution in [0.3, 0.4) is 0 Å². The minimum absolute atomic E-state index is 0.151. The van der Waals surface area contributed by atoms with Gasteiger partial charge in [-0.05, 0) is 38.1 Å². The topological polar surface area (TPSA) is 87.7 Å². The van der Waals surface area contributed by atoms with Crippen molar-refractivity contribution in [3.05, 3.63) is 24.3 Å². The van der Waals surface area contributed by atoms with Crippen molar-refractivity contribution in [2.75, 3.05) is 25.6 Å². The number of anilines is 1. The average Bonchev–Trinajstić information content (AvgIpc) is 2.36. The Labute approximate surface area is 120 Å². The first-order valence-electron chi connectivity index (χ1n) is 6.38. The molecule has 1 atom stereocenters. The van der Waals surface area contributed by atoms with Gasteiger partial charge >= 0.3 is 0 Å². The third-order valence-corrected chi connectivity index (χ3v) is 4.13. The highest BCUT2D eigenvalue weighted by molar-refractivity contribution is 7.89. The van der Waals surface area contributed by atoms with Crippen LogP contribution in [0.25, 0.3) is 0 Å². The second-order valence-corrected chi connectivity index (χ2v) is 6.50. The van der Waals surface area contributed by atoms with Crippen LogP contribution in [0.5, 0.6) is 0 Å². The monoisotopic (exact) mass is 302 g/mol. The van der Waals surface area contributed by atoms with E-state index in [1.54, 1.807) is 26.0 Å². The molecule has 0 aliphatic carbocycles. The van der Waals surface area contributed by atoms with Crippen LogP contribution in [0.4, 0.5) is 5.69 Å². The number of sulfonamides is 1. The number of aliphatic hydroxyl groups excluding tert-OH is 1. The maximum absolute atomic E-state index is 11.9. The second-order valence-electron chi connectivity index (χ2n) is 4.79. The Bertz CT molecular complexity index is 500. The zero-order chi connectivity index (χ0) is 15.2. The molecule has 0 saturated carbocycles. The van der Waals surface area contributed by atoms with E-state index >= 15 is 0 Å². The van der Waals surface area contributed by atoms with Crippen LogP contribution in [-0.4, -0.2) is 45.9 Å². The number of benzene rings is 1. The number of aliphatic hydroxyl groups is 1. The second kappa shape index (κ2) is 7.58. The Hall–Kier alpha value is -1.15. The van der Waals surface area contributed by atoms with E-state index in [0.717, 1.165) is 5.69 Å². The van der Waals surface area contributed by atoms with Crippen LogP contribution in [0.1, 0.15) is 13.8 Å². The summed E-state index contributed by atoms with van der Waals surface area (Å²) in [6.07, 6.45) is -0.606. The van der Waals surface area contributed by atoms with Crippen LogP contribution in [-0.2, 0) is 14.8 Å². The van der Waals surface area contributed by atoms with Gasteiger partial charge in [-0.3, -0.25) is 0 Å². The molecule has 0 amide bonds. The van der Waals surface area contributed by atoms with Gasteiger partial charge in [-0.25, -0.2) is 13.1 Å². The van der Waals surface area contributed by atoms with Crippen molar-refractivity contribution >= 4 is 15.7 Å². The van der Waals surface area contributed by atoms with Gasteiger partial charge in [0.2, 0.25) is 10.0 Å². The highest BCUT2D eigenvalue weighted by Crippen LogP contribution is 2.14. The van der Waals surface area contributed by atoms with E-state index in [9.17, 15) is 13.5 Å². The summed E-state index contributed by atoms with van der Waals surface area (Å²) in [6.45, 7) is 4.12. The number of methoxy groups -OCH3 is 1. The third-order valence-electron chi connectivity index (χ3n) is 2.46. The SMILES string of the molecule is COCC(O)CNc1ccc(S(=O)(=O)NC(C)C)cc1. The lowest BCUT2D eigenvalue weighted by Crippen LogP contribution is -2.30. The van der Waals surface area contributed by atoms with Crippen molar-refractivity contribution in [3.8, 4) is 0 Å². The maximum Gasteiger partial charge on any atom is 0.240 e. The lowest BCUT2D eigenvalue weighted by Gasteiger charge is -2.13. The largest absolute Gasteiger partial charge is 0.389 e. The Morgan fingerprint density at radius 1 is 1.25 bits per heavy atom. The number of hydrogen-bond acceptors (Lipinski definition) is 5. The molecule has 0 aliphatic rings. The number of hydrogen-bond donors (Lipinski definition) is 3. The Morgan fingerprint density at radius 2 is 1.85 bits per heavy atom. The molecule has 1 rings (SSSR count). The van der Waals surface area contributed by atoms with Gasteiger partial charge in [0, 0.05) is 25.4 Å². The first-order chi connectivity index (χ1) is 9.35. The fourth-order valence-electron chi connectivity index (χ4n) is 1.62. The van der Waals surface area contributed by atoms with Gasteiger partial charge in [0.05, 0.1) is 17.6 Å². The number of ether oxygens (including phenoxy) is 1. The first-order valence-corrected chi connectivity index (χ1v) is 7.86. The summed E-state index contributed by atoms with van der Waals surface area (Å²) in [6, 6.07) is 6.22. The Morgan fingerprint density at radius 3 is 2.35 bits per heavy atom. The lowest BCUT2D eigenvalue weighted by molar-refractivity contribution is 0.0727. The molecule has 0 aromatic heterocycles. The molecule has 1 unspecified atom stereocenters. The fourth-order valence-corrected chi connectivity index (χ4v) is 2.87. The zero-order valence-electron chi connectivity index (χ0n) is 12.0. The van der Waals surface area contributed by atoms with Gasteiger partial charge in [-0.1, -0.05) is 0 Å². The quantitative estimate of drug-likeness (QED) is 0.661. The van der Waals surface area contributed by atoms with Crippen molar-refractivity contribution in [1.29, 1.82) is 0 Å². The van der Waals surface area contributed by atoms with Gasteiger partial charge in [0.1, 0.15) is 0 Å². The smallest absolute Gasteiger partial charge is 0.240 e. The predicted molar refractivity (Wildman–Crippen MR) is 78.3 cm³/mol. The molecule has 1 aromatic rings. The van der Waals surface area contributed by atoms with Crippen molar-refractivity contribution in [2.45, 2.75) is 30.9 Å². The van der Waals surface area contributed by atoms with Crippen LogP contribution < -0.4 is 10.0 Å². The highest BCUT2D eigenvalue weighted by atomic mass is 32.2. The summed E-state index contributed by atoms with van der Waals surface area (Å²) < 4.78 is 31.2. The van der Waals surface area contributed by atoms with E-state index in [1.165, 1.54) is 19.2 Å². The van der Waals surface area contributed by atoms with E-state index < -0.39 is 16.1 Å². The van der Waals surface area contributed by atoms with Gasteiger partial charge in [-0.2, -0.15) is 0 Å². The number of nitrogens with one attached hydrogen (secondary N) is 2. The van der Waals surface area contributed by atoms with Gasteiger partial charge < -0.3 is 15.2 Å². The summed E-state index contributed by atoms with van der Waals surface area (Å²) in [5, 5.41) is 12.5. The number of rotatable bonds is 8. The normalized spacial score (nSPS) is 13.4. The molecule has 6 nitrogen and oxygen atoms in total. The van der Waals surface area contributed by atoms with Crippen molar-refractivity contribution in [2.24, 2.45) is 0 Å². The lowest BCUT2D eigenvalue weighted by atomic mass is 10.3.